The van der Waals surface area contributed by atoms with Crippen LogP contribution < -0.4 is 5.32 Å². The third kappa shape index (κ3) is 4.11. The summed E-state index contributed by atoms with van der Waals surface area (Å²) in [7, 11) is 0. The van der Waals surface area contributed by atoms with E-state index in [4.69, 9.17) is 0 Å². The van der Waals surface area contributed by atoms with Gasteiger partial charge >= 0.3 is 5.97 Å². The number of aliphatic imine (C=N–C) groups is 2. The highest BCUT2D eigenvalue weighted by atomic mass is 32.2. The van der Waals surface area contributed by atoms with E-state index in [0.717, 1.165) is 51.4 Å². The predicted molar refractivity (Wildman–Crippen MR) is 114 cm³/mol. The fraction of sp³-hybridized carbons (Fsp3) is 0.800. The zero-order valence-electron chi connectivity index (χ0n) is 17.2. The van der Waals surface area contributed by atoms with Crippen LogP contribution in [0, 0.1) is 5.92 Å². The molecule has 0 saturated carbocycles. The van der Waals surface area contributed by atoms with Crippen LogP contribution in [-0.2, 0) is 9.59 Å². The molecule has 0 aromatic rings. The van der Waals surface area contributed by atoms with Gasteiger partial charge in [0, 0.05) is 30.8 Å². The van der Waals surface area contributed by atoms with Crippen molar-refractivity contribution in [3.05, 3.63) is 0 Å². The zero-order chi connectivity index (χ0) is 20.6. The van der Waals surface area contributed by atoms with Crippen LogP contribution >= 0.6 is 11.8 Å². The topological polar surface area (TPSA) is 97.6 Å². The number of fused-ring (bicyclic) bond motifs is 1. The van der Waals surface area contributed by atoms with E-state index in [1.54, 1.807) is 11.8 Å². The number of carbonyl (C=O) groups is 2. The Balaban J connectivity index is 1.22. The van der Waals surface area contributed by atoms with Gasteiger partial charge in [-0.25, -0.2) is 4.79 Å². The molecule has 8 nitrogen and oxygen atoms in total. The first-order valence-electron chi connectivity index (χ1n) is 10.6. The van der Waals surface area contributed by atoms with Crippen molar-refractivity contribution in [2.75, 3.05) is 26.2 Å². The lowest BCUT2D eigenvalue weighted by Crippen LogP contribution is -2.65. The first-order chi connectivity index (χ1) is 13.9. The summed E-state index contributed by atoms with van der Waals surface area (Å²) >= 11 is 1.55. The Morgan fingerprint density at radius 2 is 2.17 bits per heavy atom. The van der Waals surface area contributed by atoms with E-state index in [1.165, 1.54) is 23.6 Å². The van der Waals surface area contributed by atoms with E-state index in [2.05, 4.69) is 20.2 Å². The van der Waals surface area contributed by atoms with Crippen LogP contribution in [0.5, 0.6) is 0 Å². The smallest absolute Gasteiger partial charge is 0.327 e. The van der Waals surface area contributed by atoms with Crippen molar-refractivity contribution < 1.29 is 14.7 Å². The third-order valence-electron chi connectivity index (χ3n) is 6.46. The fourth-order valence-corrected chi connectivity index (χ4v) is 6.45. The minimum atomic E-state index is -0.932. The molecular formula is C20H31N5O3S. The van der Waals surface area contributed by atoms with Gasteiger partial charge in [0.05, 0.1) is 18.7 Å². The highest BCUT2D eigenvalue weighted by Gasteiger charge is 2.63. The molecule has 3 atom stereocenters. The van der Waals surface area contributed by atoms with Gasteiger partial charge in [0.25, 0.3) is 5.91 Å². The molecule has 0 aromatic carbocycles. The Morgan fingerprint density at radius 1 is 1.41 bits per heavy atom. The maximum atomic E-state index is 12.5. The Hall–Kier alpha value is -1.77. The van der Waals surface area contributed by atoms with Crippen molar-refractivity contribution in [1.29, 1.82) is 0 Å². The number of amides is 1. The number of carboxylic acid groups (broad SMARTS) is 1. The number of hydrogen-bond acceptors (Lipinski definition) is 6. The van der Waals surface area contributed by atoms with Gasteiger partial charge in [-0.1, -0.05) is 0 Å². The van der Waals surface area contributed by atoms with Crippen molar-refractivity contribution in [3.63, 3.8) is 0 Å². The van der Waals surface area contributed by atoms with Crippen LogP contribution in [0.25, 0.3) is 0 Å². The second-order valence-corrected chi connectivity index (χ2v) is 10.7. The Bertz CT molecular complexity index is 717. The summed E-state index contributed by atoms with van der Waals surface area (Å²) in [5.74, 6) is 0.838. The van der Waals surface area contributed by atoms with Gasteiger partial charge in [0.15, 0.2) is 6.04 Å². The Labute approximate surface area is 176 Å². The average molecular weight is 422 g/mol. The van der Waals surface area contributed by atoms with Gasteiger partial charge in [-0.05, 0) is 45.4 Å². The number of nitrogens with one attached hydrogen (secondary N) is 1. The van der Waals surface area contributed by atoms with E-state index < -0.39 is 22.8 Å². The molecule has 3 saturated heterocycles. The summed E-state index contributed by atoms with van der Waals surface area (Å²) in [5.41, 5.74) is 0. The average Bonchev–Trinajstić information content (AvgIpc) is 3.27. The van der Waals surface area contributed by atoms with Gasteiger partial charge in [0.1, 0.15) is 11.4 Å². The summed E-state index contributed by atoms with van der Waals surface area (Å²) in [5, 5.41) is 12.7. The largest absolute Gasteiger partial charge is 0.480 e. The number of β-lactam (4-membered cyclic amide) rings is 1. The number of nitrogens with zero attached hydrogens (tertiary/aromatic N) is 4. The molecule has 4 rings (SSSR count). The van der Waals surface area contributed by atoms with Gasteiger partial charge in [-0.2, -0.15) is 0 Å². The SMILES string of the molecule is CC1(C)S[C@@H]2[C@H](N=CN3CCC(CCCC4=NCCN4)CC3)C(=O)N2[C@H]1C(=O)O. The van der Waals surface area contributed by atoms with Crippen LogP contribution in [0.1, 0.15) is 46.0 Å². The van der Waals surface area contributed by atoms with Gasteiger partial charge in [-0.3, -0.25) is 14.8 Å². The van der Waals surface area contributed by atoms with Crippen molar-refractivity contribution in [1.82, 2.24) is 15.1 Å². The second kappa shape index (κ2) is 8.16. The van der Waals surface area contributed by atoms with Crippen LogP contribution in [-0.4, -0.2) is 87.3 Å². The van der Waals surface area contributed by atoms with Crippen LogP contribution in [0.4, 0.5) is 0 Å². The first-order valence-corrected chi connectivity index (χ1v) is 11.5. The maximum absolute atomic E-state index is 12.5. The van der Waals surface area contributed by atoms with Crippen LogP contribution in [0.3, 0.4) is 0 Å². The van der Waals surface area contributed by atoms with Crippen molar-refractivity contribution in [3.8, 4) is 0 Å². The predicted octanol–water partition coefficient (Wildman–Crippen LogP) is 1.41. The van der Waals surface area contributed by atoms with E-state index in [9.17, 15) is 14.7 Å². The summed E-state index contributed by atoms with van der Waals surface area (Å²) < 4.78 is -0.492. The maximum Gasteiger partial charge on any atom is 0.327 e. The number of likely N-dealkylation sites (tertiary alicyclic amines) is 1. The number of amidine groups is 1. The molecule has 9 heteroatoms. The molecule has 2 N–H and O–H groups in total. The lowest BCUT2D eigenvalue weighted by atomic mass is 9.91. The number of carbonyl (C=O) groups excluding carboxylic acids is 1. The molecule has 4 heterocycles. The molecule has 0 spiro atoms. The zero-order valence-corrected chi connectivity index (χ0v) is 18.0. The fourth-order valence-electron chi connectivity index (χ4n) is 4.83. The molecule has 0 aromatic heterocycles. The molecule has 0 radical (unpaired) electrons. The molecule has 4 aliphatic heterocycles. The van der Waals surface area contributed by atoms with Gasteiger partial charge in [0.2, 0.25) is 0 Å². The number of rotatable bonds is 7. The standard InChI is InChI=1S/C20H31N5O3S/c1-20(2)16(19(27)28)25-17(26)15(18(25)29-20)23-12-24-10-6-13(7-11-24)4-3-5-14-21-8-9-22-14/h12-13,15-16,18H,3-11H2,1-2H3,(H,21,22)(H,27,28)/t15-,16+,18-/m1/s1. The van der Waals surface area contributed by atoms with Gasteiger partial charge in [-0.15, -0.1) is 11.8 Å². The van der Waals surface area contributed by atoms with Crippen molar-refractivity contribution >= 4 is 35.8 Å². The lowest BCUT2D eigenvalue weighted by Gasteiger charge is -2.41. The molecule has 0 bridgehead atoms. The molecule has 0 unspecified atom stereocenters. The number of hydrogen-bond donors (Lipinski definition) is 2. The molecule has 1 amide bonds. The molecular weight excluding hydrogens is 390 g/mol. The summed E-state index contributed by atoms with van der Waals surface area (Å²) in [4.78, 5) is 36.8. The highest BCUT2D eigenvalue weighted by molar-refractivity contribution is 8.01. The monoisotopic (exact) mass is 421 g/mol. The summed E-state index contributed by atoms with van der Waals surface area (Å²) in [6.45, 7) is 7.63. The van der Waals surface area contributed by atoms with E-state index in [-0.39, 0.29) is 11.3 Å². The first kappa shape index (κ1) is 20.5. The third-order valence-corrected chi connectivity index (χ3v) is 8.01. The van der Waals surface area contributed by atoms with E-state index in [0.29, 0.717) is 0 Å². The van der Waals surface area contributed by atoms with E-state index in [1.807, 2.05) is 20.2 Å². The minimum Gasteiger partial charge on any atom is -0.480 e. The van der Waals surface area contributed by atoms with Gasteiger partial charge < -0.3 is 20.2 Å². The van der Waals surface area contributed by atoms with E-state index >= 15 is 0 Å². The van der Waals surface area contributed by atoms with Crippen molar-refractivity contribution in [2.24, 2.45) is 15.9 Å². The van der Waals surface area contributed by atoms with Crippen molar-refractivity contribution in [2.45, 2.75) is 68.2 Å². The second-order valence-electron chi connectivity index (χ2n) is 8.93. The quantitative estimate of drug-likeness (QED) is 0.367. The normalized spacial score (nSPS) is 31.6. The molecule has 29 heavy (non-hydrogen) atoms. The number of aliphatic carboxylic acids is 1. The minimum absolute atomic E-state index is 0.153. The molecule has 4 aliphatic rings. The lowest BCUT2D eigenvalue weighted by molar-refractivity contribution is -0.158. The highest BCUT2D eigenvalue weighted by Crippen LogP contribution is 2.51. The molecule has 160 valence electrons. The summed E-state index contributed by atoms with van der Waals surface area (Å²) in [6.07, 6.45) is 7.64. The number of thioether (sulfide) groups is 1. The van der Waals surface area contributed by atoms with Crippen LogP contribution in [0.2, 0.25) is 0 Å². The Kier molecular flexibility index (Phi) is 5.77. The number of piperidine rings is 1. The van der Waals surface area contributed by atoms with Crippen LogP contribution in [0.15, 0.2) is 9.98 Å². The molecule has 0 aliphatic carbocycles. The number of carboxylic acids is 1. The summed E-state index contributed by atoms with van der Waals surface area (Å²) in [6, 6.07) is -1.21. The molecule has 3 fully saturated rings. The Morgan fingerprint density at radius 3 is 2.83 bits per heavy atom.